The molecule has 1 saturated heterocycles. The summed E-state index contributed by atoms with van der Waals surface area (Å²) in [5.41, 5.74) is 1.25. The molecule has 6 nitrogen and oxygen atoms in total. The number of methoxy groups -OCH3 is 1. The van der Waals surface area contributed by atoms with E-state index in [4.69, 9.17) is 9.72 Å². The molecule has 3 heterocycles. The van der Waals surface area contributed by atoms with Gasteiger partial charge < -0.3 is 14.7 Å². The van der Waals surface area contributed by atoms with Crippen molar-refractivity contribution < 1.29 is 36.2 Å². The summed E-state index contributed by atoms with van der Waals surface area (Å²) in [6, 6.07) is 4.00. The number of aliphatic hydroxyl groups excluding tert-OH is 1. The molecule has 0 amide bonds. The molecular weight excluding hydrogens is 622 g/mol. The summed E-state index contributed by atoms with van der Waals surface area (Å²) < 4.78 is 91.3. The fraction of sp³-hybridized carbons (Fsp3) is 0.571. The number of benzene rings is 1. The minimum absolute atomic E-state index is 0.0260. The average Bonchev–Trinajstić information content (AvgIpc) is 3.03. The Hall–Kier alpha value is -3.41. The lowest BCUT2D eigenvalue weighted by molar-refractivity contribution is -0.137. The second-order valence-corrected chi connectivity index (χ2v) is 14.0. The van der Waals surface area contributed by atoms with E-state index < -0.39 is 35.9 Å². The largest absolute Gasteiger partial charge is 0.494 e. The van der Waals surface area contributed by atoms with Gasteiger partial charge in [-0.2, -0.15) is 13.2 Å². The molecule has 3 aliphatic rings. The van der Waals surface area contributed by atoms with Crippen molar-refractivity contribution in [1.29, 1.82) is 0 Å². The number of ether oxygens (including phenoxy) is 1. The highest BCUT2D eigenvalue weighted by Gasteiger charge is 2.43. The minimum atomic E-state index is -4.58. The van der Waals surface area contributed by atoms with Gasteiger partial charge in [-0.3, -0.25) is 4.98 Å². The van der Waals surface area contributed by atoms with Crippen LogP contribution in [0.5, 0.6) is 5.75 Å². The first-order valence-electron chi connectivity index (χ1n) is 16.2. The zero-order chi connectivity index (χ0) is 33.7. The van der Waals surface area contributed by atoms with Gasteiger partial charge in [0.1, 0.15) is 0 Å². The van der Waals surface area contributed by atoms with Gasteiger partial charge in [0, 0.05) is 48.7 Å². The Bertz CT molecular complexity index is 1560. The minimum Gasteiger partial charge on any atom is -0.494 e. The third-order valence-corrected chi connectivity index (χ3v) is 10.1. The van der Waals surface area contributed by atoms with E-state index in [0.717, 1.165) is 24.3 Å². The number of fused-ring (bicyclic) bond motifs is 1. The van der Waals surface area contributed by atoms with E-state index in [1.807, 2.05) is 18.7 Å². The van der Waals surface area contributed by atoms with Crippen molar-refractivity contribution in [2.75, 3.05) is 25.1 Å². The summed E-state index contributed by atoms with van der Waals surface area (Å²) in [6.45, 7) is 5.16. The van der Waals surface area contributed by atoms with Crippen LogP contribution in [0.4, 0.5) is 32.3 Å². The molecule has 2 atom stereocenters. The van der Waals surface area contributed by atoms with Crippen molar-refractivity contribution in [3.8, 4) is 5.75 Å². The molecule has 2 aliphatic carbocycles. The van der Waals surface area contributed by atoms with Crippen molar-refractivity contribution in [3.63, 3.8) is 0 Å². The number of hydrogen-bond donors (Lipinski definition) is 1. The third-order valence-electron chi connectivity index (χ3n) is 10.1. The summed E-state index contributed by atoms with van der Waals surface area (Å²) in [5, 5.41) is 11.5. The monoisotopic (exact) mass is 662 g/mol. The molecule has 3 aromatic rings. The molecule has 1 saturated carbocycles. The number of aromatic nitrogens is 3. The van der Waals surface area contributed by atoms with Gasteiger partial charge in [-0.15, -0.1) is 0 Å². The molecule has 12 heteroatoms. The van der Waals surface area contributed by atoms with Crippen molar-refractivity contribution in [3.05, 3.63) is 75.9 Å². The summed E-state index contributed by atoms with van der Waals surface area (Å²) in [4.78, 5) is 15.9. The van der Waals surface area contributed by atoms with Crippen LogP contribution in [0.15, 0.2) is 36.7 Å². The van der Waals surface area contributed by atoms with Crippen molar-refractivity contribution in [1.82, 2.24) is 15.0 Å². The van der Waals surface area contributed by atoms with Crippen LogP contribution in [-0.4, -0.2) is 46.2 Å². The Balaban J connectivity index is 1.46. The number of halogens is 6. The molecule has 47 heavy (non-hydrogen) atoms. The number of pyridine rings is 1. The fourth-order valence-electron chi connectivity index (χ4n) is 7.65. The van der Waals surface area contributed by atoms with Gasteiger partial charge in [0.2, 0.25) is 11.9 Å². The summed E-state index contributed by atoms with van der Waals surface area (Å²) in [6.07, 6.45) is -2.68. The van der Waals surface area contributed by atoms with Gasteiger partial charge in [-0.25, -0.2) is 23.1 Å². The van der Waals surface area contributed by atoms with Crippen LogP contribution >= 0.6 is 0 Å². The zero-order valence-corrected chi connectivity index (χ0v) is 26.8. The molecule has 0 bridgehead atoms. The van der Waals surface area contributed by atoms with E-state index in [9.17, 15) is 27.1 Å². The smallest absolute Gasteiger partial charge is 0.416 e. The number of hydrogen-bond acceptors (Lipinski definition) is 6. The predicted molar refractivity (Wildman–Crippen MR) is 165 cm³/mol. The van der Waals surface area contributed by atoms with E-state index in [2.05, 4.69) is 9.97 Å². The standard InChI is InChI=1S/C35H40F6N4O2/c1-33(2)16-25-28(26(46)17-33)27(20-8-12-34(37,38)13-9-20)29(30(36)21-4-6-23(7-5-21)35(39,40)41)31(44-25)22-10-14-45(15-11-22)32-42-18-24(47-3)19-43-32/h4-7,18-20,22,26,30,46H,8-17H2,1-3H3/t26-,30?/m0/s1. The van der Waals surface area contributed by atoms with Crippen LogP contribution in [0.3, 0.4) is 0 Å². The number of nitrogens with zero attached hydrogens (tertiary/aromatic N) is 4. The quantitative estimate of drug-likeness (QED) is 0.267. The normalized spacial score (nSPS) is 22.5. The number of anilines is 1. The molecule has 1 aromatic carbocycles. The van der Waals surface area contributed by atoms with Gasteiger partial charge in [0.15, 0.2) is 11.9 Å². The van der Waals surface area contributed by atoms with Crippen LogP contribution in [0.25, 0.3) is 0 Å². The molecule has 2 aromatic heterocycles. The second-order valence-electron chi connectivity index (χ2n) is 14.0. The summed E-state index contributed by atoms with van der Waals surface area (Å²) in [5.74, 6) is -2.43. The topological polar surface area (TPSA) is 71.4 Å². The third kappa shape index (κ3) is 6.93. The number of piperidine rings is 1. The molecule has 0 spiro atoms. The molecular formula is C35H40F6N4O2. The average molecular weight is 663 g/mol. The maximum atomic E-state index is 17.1. The number of alkyl halides is 6. The Morgan fingerprint density at radius 2 is 1.55 bits per heavy atom. The Kier molecular flexibility index (Phi) is 8.95. The Morgan fingerprint density at radius 3 is 2.13 bits per heavy atom. The van der Waals surface area contributed by atoms with Gasteiger partial charge in [0.25, 0.3) is 0 Å². The van der Waals surface area contributed by atoms with Crippen molar-refractivity contribution in [2.45, 2.75) is 101 Å². The van der Waals surface area contributed by atoms with Gasteiger partial charge in [-0.05, 0) is 73.1 Å². The number of rotatable bonds is 6. The SMILES string of the molecule is COc1cnc(N2CCC(c3nc4c(c(C5CCC(F)(F)CC5)c3C(F)c3ccc(C(F)(F)F)cc3)[C@@H](O)CC(C)(C)C4)CC2)nc1. The predicted octanol–water partition coefficient (Wildman–Crippen LogP) is 8.64. The van der Waals surface area contributed by atoms with E-state index >= 15 is 4.39 Å². The van der Waals surface area contributed by atoms with Crippen LogP contribution in [-0.2, 0) is 12.6 Å². The maximum Gasteiger partial charge on any atom is 0.416 e. The molecule has 1 N–H and O–H groups in total. The first-order chi connectivity index (χ1) is 22.2. The maximum absolute atomic E-state index is 17.1. The van der Waals surface area contributed by atoms with Crippen molar-refractivity contribution >= 4 is 5.95 Å². The fourth-order valence-corrected chi connectivity index (χ4v) is 7.65. The zero-order valence-electron chi connectivity index (χ0n) is 26.8. The van der Waals surface area contributed by atoms with E-state index in [0.29, 0.717) is 73.0 Å². The van der Waals surface area contributed by atoms with Crippen LogP contribution in [0.1, 0.15) is 122 Å². The van der Waals surface area contributed by atoms with Crippen LogP contribution in [0.2, 0.25) is 0 Å². The molecule has 6 rings (SSSR count). The first-order valence-corrected chi connectivity index (χ1v) is 16.2. The Labute approximate surface area is 270 Å². The molecule has 2 fully saturated rings. The van der Waals surface area contributed by atoms with Gasteiger partial charge in [-0.1, -0.05) is 26.0 Å². The van der Waals surface area contributed by atoms with Gasteiger partial charge in [0.05, 0.1) is 36.9 Å². The lowest BCUT2D eigenvalue weighted by Gasteiger charge is -2.41. The summed E-state index contributed by atoms with van der Waals surface area (Å²) >= 11 is 0. The lowest BCUT2D eigenvalue weighted by Crippen LogP contribution is -2.36. The van der Waals surface area contributed by atoms with E-state index in [-0.39, 0.29) is 48.1 Å². The highest BCUT2D eigenvalue weighted by atomic mass is 19.4. The number of aliphatic hydroxyl groups is 1. The van der Waals surface area contributed by atoms with Crippen LogP contribution in [0, 0.1) is 5.41 Å². The van der Waals surface area contributed by atoms with Gasteiger partial charge >= 0.3 is 6.18 Å². The van der Waals surface area contributed by atoms with E-state index in [1.165, 1.54) is 7.11 Å². The molecule has 1 unspecified atom stereocenters. The second kappa shape index (κ2) is 12.6. The van der Waals surface area contributed by atoms with Crippen molar-refractivity contribution in [2.24, 2.45) is 5.41 Å². The molecule has 254 valence electrons. The molecule has 0 radical (unpaired) electrons. The lowest BCUT2D eigenvalue weighted by atomic mass is 9.68. The summed E-state index contributed by atoms with van der Waals surface area (Å²) in [7, 11) is 1.53. The first kappa shape index (κ1) is 33.5. The Morgan fingerprint density at radius 1 is 0.936 bits per heavy atom. The highest BCUT2D eigenvalue weighted by molar-refractivity contribution is 5.51. The molecule has 1 aliphatic heterocycles. The highest BCUT2D eigenvalue weighted by Crippen LogP contribution is 2.52. The van der Waals surface area contributed by atoms with Crippen LogP contribution < -0.4 is 9.64 Å². The van der Waals surface area contributed by atoms with E-state index in [1.54, 1.807) is 12.4 Å².